The number of hydrogen-bond acceptors (Lipinski definition) is 4. The second-order valence-corrected chi connectivity index (χ2v) is 4.33. The summed E-state index contributed by atoms with van der Waals surface area (Å²) >= 11 is 0. The number of nitrogens with zero attached hydrogens (tertiary/aromatic N) is 1. The number of aromatic hydroxyl groups is 1. The van der Waals surface area contributed by atoms with E-state index in [-0.39, 0.29) is 10.9 Å². The summed E-state index contributed by atoms with van der Waals surface area (Å²) in [5.41, 5.74) is -1.19. The van der Waals surface area contributed by atoms with Gasteiger partial charge in [-0.25, -0.2) is 4.39 Å². The number of carbonyl (C=O) groups excluding carboxylic acids is 1. The molecule has 0 aliphatic heterocycles. The molecule has 2 aromatic rings. The van der Waals surface area contributed by atoms with E-state index >= 15 is 0 Å². The second-order valence-electron chi connectivity index (χ2n) is 4.33. The van der Waals surface area contributed by atoms with Crippen molar-refractivity contribution in [3.63, 3.8) is 0 Å². The average Bonchev–Trinajstić information content (AvgIpc) is 2.43. The molecule has 1 amide bonds. The van der Waals surface area contributed by atoms with Crippen LogP contribution in [0.3, 0.4) is 0 Å². The van der Waals surface area contributed by atoms with Gasteiger partial charge in [0.15, 0.2) is 0 Å². The number of aromatic nitrogens is 1. The molecule has 21 heavy (non-hydrogen) atoms. The first kappa shape index (κ1) is 14.5. The Hall–Kier alpha value is -2.90. The van der Waals surface area contributed by atoms with Crippen molar-refractivity contribution in [2.75, 3.05) is 6.54 Å². The van der Waals surface area contributed by atoms with Gasteiger partial charge in [0.2, 0.25) is 0 Å². The molecule has 0 saturated heterocycles. The van der Waals surface area contributed by atoms with E-state index in [1.807, 2.05) is 5.32 Å². The third-order valence-electron chi connectivity index (χ3n) is 2.96. The number of carbonyl (C=O) groups is 2. The molecule has 0 bridgehead atoms. The van der Waals surface area contributed by atoms with Crippen LogP contribution in [0.15, 0.2) is 23.0 Å². The maximum Gasteiger partial charge on any atom is 0.322 e. The number of carboxylic acids is 1. The van der Waals surface area contributed by atoms with Gasteiger partial charge in [0.05, 0.1) is 5.52 Å². The number of nitrogens with one attached hydrogen (secondary N) is 1. The minimum absolute atomic E-state index is 0.0161. The van der Waals surface area contributed by atoms with E-state index in [2.05, 4.69) is 0 Å². The summed E-state index contributed by atoms with van der Waals surface area (Å²) in [6.07, 6.45) is 0. The van der Waals surface area contributed by atoms with E-state index < -0.39 is 41.1 Å². The van der Waals surface area contributed by atoms with Gasteiger partial charge in [0, 0.05) is 12.4 Å². The lowest BCUT2D eigenvalue weighted by Gasteiger charge is -2.11. The zero-order valence-corrected chi connectivity index (χ0v) is 10.9. The van der Waals surface area contributed by atoms with Crippen LogP contribution in [0.2, 0.25) is 0 Å². The van der Waals surface area contributed by atoms with Crippen LogP contribution < -0.4 is 10.9 Å². The largest absolute Gasteiger partial charge is 0.506 e. The second kappa shape index (κ2) is 5.23. The predicted molar refractivity (Wildman–Crippen MR) is 70.8 cm³/mol. The van der Waals surface area contributed by atoms with Gasteiger partial charge in [-0.05, 0) is 18.2 Å². The van der Waals surface area contributed by atoms with Crippen molar-refractivity contribution in [1.29, 1.82) is 0 Å². The molecule has 1 heterocycles. The fourth-order valence-corrected chi connectivity index (χ4v) is 1.95. The van der Waals surface area contributed by atoms with Crippen molar-refractivity contribution in [3.8, 4) is 5.75 Å². The Kier molecular flexibility index (Phi) is 3.62. The van der Waals surface area contributed by atoms with Crippen molar-refractivity contribution in [2.45, 2.75) is 0 Å². The SMILES string of the molecule is Cn1c(=O)c(C(=O)NCC(=O)O)c(O)c2cc(F)ccc21. The lowest BCUT2D eigenvalue weighted by Crippen LogP contribution is -2.35. The molecule has 110 valence electrons. The molecule has 0 unspecified atom stereocenters. The molecule has 3 N–H and O–H groups in total. The Morgan fingerprint density at radius 2 is 2.05 bits per heavy atom. The fraction of sp³-hybridized carbons (Fsp3) is 0.154. The van der Waals surface area contributed by atoms with E-state index in [0.717, 1.165) is 16.7 Å². The third-order valence-corrected chi connectivity index (χ3v) is 2.96. The Balaban J connectivity index is 2.66. The predicted octanol–water partition coefficient (Wildman–Crippen LogP) is 0.198. The number of pyridine rings is 1. The van der Waals surface area contributed by atoms with Crippen molar-refractivity contribution >= 4 is 22.8 Å². The number of halogens is 1. The number of rotatable bonds is 3. The van der Waals surface area contributed by atoms with Gasteiger partial charge in [0.25, 0.3) is 11.5 Å². The molecular weight excluding hydrogens is 283 g/mol. The first-order valence-electron chi connectivity index (χ1n) is 5.84. The van der Waals surface area contributed by atoms with Gasteiger partial charge >= 0.3 is 5.97 Å². The van der Waals surface area contributed by atoms with Crippen LogP contribution in [0.4, 0.5) is 4.39 Å². The zero-order valence-electron chi connectivity index (χ0n) is 10.9. The first-order valence-corrected chi connectivity index (χ1v) is 5.84. The Morgan fingerprint density at radius 1 is 1.38 bits per heavy atom. The average molecular weight is 294 g/mol. The molecule has 0 saturated carbocycles. The van der Waals surface area contributed by atoms with E-state index in [1.165, 1.54) is 13.1 Å². The lowest BCUT2D eigenvalue weighted by molar-refractivity contribution is -0.135. The minimum Gasteiger partial charge on any atom is -0.506 e. The Morgan fingerprint density at radius 3 is 2.67 bits per heavy atom. The summed E-state index contributed by atoms with van der Waals surface area (Å²) < 4.78 is 14.3. The van der Waals surface area contributed by atoms with Crippen molar-refractivity contribution in [1.82, 2.24) is 9.88 Å². The Bertz CT molecular complexity index is 812. The number of aliphatic carboxylic acids is 1. The summed E-state index contributed by atoms with van der Waals surface area (Å²) in [5.74, 6) is -3.67. The first-order chi connectivity index (χ1) is 9.82. The molecule has 1 aromatic carbocycles. The summed E-state index contributed by atoms with van der Waals surface area (Å²) in [4.78, 5) is 34.3. The number of benzene rings is 1. The van der Waals surface area contributed by atoms with Crippen LogP contribution in [0.25, 0.3) is 10.9 Å². The standard InChI is InChI=1S/C13H11FN2O5/c1-16-8-3-2-6(14)4-7(8)11(19)10(13(16)21)12(20)15-5-9(17)18/h2-4,19H,5H2,1H3,(H,15,20)(H,17,18). The van der Waals surface area contributed by atoms with Gasteiger partial charge in [-0.15, -0.1) is 0 Å². The summed E-state index contributed by atoms with van der Waals surface area (Å²) in [7, 11) is 1.36. The van der Waals surface area contributed by atoms with Crippen LogP contribution in [0, 0.1) is 5.82 Å². The molecule has 2 rings (SSSR count). The van der Waals surface area contributed by atoms with Crippen LogP contribution in [0.5, 0.6) is 5.75 Å². The van der Waals surface area contributed by atoms with Crippen molar-refractivity contribution < 1.29 is 24.2 Å². The van der Waals surface area contributed by atoms with E-state index in [9.17, 15) is 23.9 Å². The third kappa shape index (κ3) is 2.55. The summed E-state index contributed by atoms with van der Waals surface area (Å²) in [6.45, 7) is -0.706. The molecule has 0 spiro atoms. The molecule has 0 fully saturated rings. The molecule has 7 nitrogen and oxygen atoms in total. The van der Waals surface area contributed by atoms with Crippen molar-refractivity contribution in [2.24, 2.45) is 7.05 Å². The van der Waals surface area contributed by atoms with Gasteiger partial charge in [-0.2, -0.15) is 0 Å². The topological polar surface area (TPSA) is 109 Å². The molecule has 8 heteroatoms. The highest BCUT2D eigenvalue weighted by Gasteiger charge is 2.21. The molecule has 0 radical (unpaired) electrons. The molecule has 0 aliphatic rings. The van der Waals surface area contributed by atoms with Gasteiger partial charge in [-0.1, -0.05) is 0 Å². The highest BCUT2D eigenvalue weighted by molar-refractivity contribution is 6.03. The van der Waals surface area contributed by atoms with Crippen LogP contribution in [-0.4, -0.2) is 33.2 Å². The maximum atomic E-state index is 13.3. The van der Waals surface area contributed by atoms with E-state index in [1.54, 1.807) is 0 Å². The molecular formula is C13H11FN2O5. The van der Waals surface area contributed by atoms with Crippen molar-refractivity contribution in [3.05, 3.63) is 39.9 Å². The van der Waals surface area contributed by atoms with Gasteiger partial charge < -0.3 is 20.1 Å². The number of carboxylic acid groups (broad SMARTS) is 1. The number of aryl methyl sites for hydroxylation is 1. The maximum absolute atomic E-state index is 13.3. The van der Waals surface area contributed by atoms with Gasteiger partial charge in [-0.3, -0.25) is 14.4 Å². The number of fused-ring (bicyclic) bond motifs is 1. The normalized spacial score (nSPS) is 10.6. The van der Waals surface area contributed by atoms with E-state index in [4.69, 9.17) is 5.11 Å². The molecule has 0 atom stereocenters. The van der Waals surface area contributed by atoms with E-state index in [0.29, 0.717) is 0 Å². The van der Waals surface area contributed by atoms with Crippen LogP contribution in [-0.2, 0) is 11.8 Å². The highest BCUT2D eigenvalue weighted by atomic mass is 19.1. The fourth-order valence-electron chi connectivity index (χ4n) is 1.95. The zero-order chi connectivity index (χ0) is 15.7. The minimum atomic E-state index is -1.30. The molecule has 1 aromatic heterocycles. The monoisotopic (exact) mass is 294 g/mol. The quantitative estimate of drug-likeness (QED) is 0.749. The van der Waals surface area contributed by atoms with Crippen LogP contribution >= 0.6 is 0 Å². The highest BCUT2D eigenvalue weighted by Crippen LogP contribution is 2.26. The summed E-state index contributed by atoms with van der Waals surface area (Å²) in [6, 6.07) is 3.40. The Labute approximate surface area is 117 Å². The van der Waals surface area contributed by atoms with Crippen LogP contribution in [0.1, 0.15) is 10.4 Å². The van der Waals surface area contributed by atoms with Gasteiger partial charge in [0.1, 0.15) is 23.7 Å². The number of amides is 1. The lowest BCUT2D eigenvalue weighted by atomic mass is 10.1. The smallest absolute Gasteiger partial charge is 0.322 e. The molecule has 0 aliphatic carbocycles. The summed E-state index contributed by atoms with van der Waals surface area (Å²) in [5, 5.41) is 20.5. The number of hydrogen-bond donors (Lipinski definition) is 3.